The van der Waals surface area contributed by atoms with E-state index in [0.29, 0.717) is 17.0 Å². The SMILES string of the molecule is COc1ccccc1-c1nc(COC(=O)CN(C)S(=O)(=O)c2ccc(C(C)=O)cc2)cs1. The Bertz CT molecular complexity index is 1220. The Hall–Kier alpha value is -3.08. The van der Waals surface area contributed by atoms with Crippen molar-refractivity contribution in [2.24, 2.45) is 0 Å². The normalized spacial score (nSPS) is 11.4. The van der Waals surface area contributed by atoms with Crippen LogP contribution in [0.2, 0.25) is 0 Å². The maximum atomic E-state index is 12.7. The standard InChI is InChI=1S/C22H22N2O6S2/c1-15(25)16-8-10-18(11-9-16)32(27,28)24(2)12-21(26)30-13-17-14-31-22(23-17)19-6-4-5-7-20(19)29-3/h4-11,14H,12-13H2,1-3H3. The van der Waals surface area contributed by atoms with Crippen LogP contribution in [0.4, 0.5) is 0 Å². The molecule has 0 fully saturated rings. The third kappa shape index (κ3) is 5.39. The number of methoxy groups -OCH3 is 1. The lowest BCUT2D eigenvalue weighted by molar-refractivity contribution is -0.145. The van der Waals surface area contributed by atoms with Gasteiger partial charge in [0.25, 0.3) is 0 Å². The van der Waals surface area contributed by atoms with E-state index in [-0.39, 0.29) is 17.3 Å². The molecule has 0 N–H and O–H groups in total. The second-order valence-corrected chi connectivity index (χ2v) is 9.75. The fourth-order valence-electron chi connectivity index (χ4n) is 2.83. The molecule has 3 rings (SSSR count). The molecular weight excluding hydrogens is 452 g/mol. The van der Waals surface area contributed by atoms with E-state index in [4.69, 9.17) is 9.47 Å². The van der Waals surface area contributed by atoms with Gasteiger partial charge in [-0.25, -0.2) is 13.4 Å². The molecule has 0 aliphatic carbocycles. The van der Waals surface area contributed by atoms with Crippen LogP contribution >= 0.6 is 11.3 Å². The molecule has 1 aromatic heterocycles. The van der Waals surface area contributed by atoms with Crippen LogP contribution in [-0.4, -0.2) is 50.2 Å². The molecule has 0 bridgehead atoms. The smallest absolute Gasteiger partial charge is 0.321 e. The number of aromatic nitrogens is 1. The molecule has 0 unspecified atom stereocenters. The van der Waals surface area contributed by atoms with E-state index in [1.165, 1.54) is 49.6 Å². The van der Waals surface area contributed by atoms with Crippen LogP contribution in [0.25, 0.3) is 10.6 Å². The van der Waals surface area contributed by atoms with Crippen molar-refractivity contribution in [2.45, 2.75) is 18.4 Å². The van der Waals surface area contributed by atoms with Crippen molar-refractivity contribution in [1.82, 2.24) is 9.29 Å². The number of carbonyl (C=O) groups excluding carboxylic acids is 2. The van der Waals surface area contributed by atoms with E-state index in [1.54, 1.807) is 12.5 Å². The third-order valence-electron chi connectivity index (χ3n) is 4.59. The van der Waals surface area contributed by atoms with Crippen LogP contribution in [-0.2, 0) is 26.2 Å². The largest absolute Gasteiger partial charge is 0.496 e. The minimum Gasteiger partial charge on any atom is -0.496 e. The van der Waals surface area contributed by atoms with Crippen molar-refractivity contribution in [2.75, 3.05) is 20.7 Å². The number of hydrogen-bond donors (Lipinski definition) is 0. The van der Waals surface area contributed by atoms with Crippen LogP contribution in [0.3, 0.4) is 0 Å². The quantitative estimate of drug-likeness (QED) is 0.346. The highest BCUT2D eigenvalue weighted by molar-refractivity contribution is 7.89. The molecule has 32 heavy (non-hydrogen) atoms. The number of para-hydroxylation sites is 1. The number of esters is 1. The fraction of sp³-hybridized carbons (Fsp3) is 0.227. The van der Waals surface area contributed by atoms with Crippen LogP contribution in [0.1, 0.15) is 23.0 Å². The average molecular weight is 475 g/mol. The molecule has 3 aromatic rings. The molecule has 0 saturated carbocycles. The molecule has 8 nitrogen and oxygen atoms in total. The predicted octanol–water partition coefficient (Wildman–Crippen LogP) is 3.39. The van der Waals surface area contributed by atoms with E-state index in [2.05, 4.69) is 4.98 Å². The number of Topliss-reactive ketones (excluding diaryl/α,β-unsaturated/α-hetero) is 1. The highest BCUT2D eigenvalue weighted by Gasteiger charge is 2.24. The van der Waals surface area contributed by atoms with Gasteiger partial charge in [0, 0.05) is 18.0 Å². The monoisotopic (exact) mass is 474 g/mol. The molecule has 168 valence electrons. The van der Waals surface area contributed by atoms with Gasteiger partial charge in [-0.1, -0.05) is 24.3 Å². The number of thiazole rings is 1. The van der Waals surface area contributed by atoms with Gasteiger partial charge in [0.15, 0.2) is 5.78 Å². The first kappa shape index (κ1) is 23.6. The van der Waals surface area contributed by atoms with Crippen molar-refractivity contribution in [3.8, 4) is 16.3 Å². The molecule has 0 amide bonds. The zero-order valence-corrected chi connectivity index (χ0v) is 19.4. The van der Waals surface area contributed by atoms with Gasteiger partial charge in [0.1, 0.15) is 23.9 Å². The lowest BCUT2D eigenvalue weighted by atomic mass is 10.2. The molecule has 0 saturated heterocycles. The molecule has 0 spiro atoms. The summed E-state index contributed by atoms with van der Waals surface area (Å²) in [6, 6.07) is 13.0. The second-order valence-electron chi connectivity index (χ2n) is 6.85. The number of ketones is 1. The number of rotatable bonds is 9. The van der Waals surface area contributed by atoms with Gasteiger partial charge in [-0.2, -0.15) is 4.31 Å². The number of ether oxygens (including phenoxy) is 2. The maximum absolute atomic E-state index is 12.7. The summed E-state index contributed by atoms with van der Waals surface area (Å²) in [5, 5.41) is 2.49. The highest BCUT2D eigenvalue weighted by Crippen LogP contribution is 2.32. The first-order valence-electron chi connectivity index (χ1n) is 9.53. The van der Waals surface area contributed by atoms with Crippen LogP contribution < -0.4 is 4.74 Å². The van der Waals surface area contributed by atoms with Crippen LogP contribution in [0.5, 0.6) is 5.75 Å². The van der Waals surface area contributed by atoms with Crippen molar-refractivity contribution >= 4 is 33.1 Å². The number of hydrogen-bond acceptors (Lipinski definition) is 8. The van der Waals surface area contributed by atoms with Crippen molar-refractivity contribution in [3.63, 3.8) is 0 Å². The van der Waals surface area contributed by atoms with Crippen molar-refractivity contribution < 1.29 is 27.5 Å². The number of sulfonamides is 1. The molecule has 0 atom stereocenters. The van der Waals surface area contributed by atoms with Gasteiger partial charge in [-0.15, -0.1) is 11.3 Å². The third-order valence-corrected chi connectivity index (χ3v) is 7.33. The minimum atomic E-state index is -3.91. The summed E-state index contributed by atoms with van der Waals surface area (Å²) in [6.45, 7) is 0.860. The Kier molecular flexibility index (Phi) is 7.39. The zero-order chi connectivity index (χ0) is 23.3. The Morgan fingerprint density at radius 2 is 1.78 bits per heavy atom. The summed E-state index contributed by atoms with van der Waals surface area (Å²) in [7, 11) is -1.03. The molecular formula is C22H22N2O6S2. The summed E-state index contributed by atoms with van der Waals surface area (Å²) >= 11 is 1.39. The number of carbonyl (C=O) groups is 2. The van der Waals surface area contributed by atoms with Crippen molar-refractivity contribution in [3.05, 3.63) is 65.2 Å². The summed E-state index contributed by atoms with van der Waals surface area (Å²) < 4.78 is 36.8. The maximum Gasteiger partial charge on any atom is 0.321 e. The van der Waals surface area contributed by atoms with Crippen molar-refractivity contribution in [1.29, 1.82) is 0 Å². The first-order chi connectivity index (χ1) is 15.2. The Morgan fingerprint density at radius 1 is 1.09 bits per heavy atom. The molecule has 0 aliphatic rings. The molecule has 2 aromatic carbocycles. The molecule has 1 heterocycles. The molecule has 10 heteroatoms. The van der Waals surface area contributed by atoms with E-state index < -0.39 is 22.5 Å². The molecule has 0 radical (unpaired) electrons. The number of likely N-dealkylation sites (N-methyl/N-ethyl adjacent to an activating group) is 1. The minimum absolute atomic E-state index is 0.0150. The lowest BCUT2D eigenvalue weighted by Gasteiger charge is -2.16. The van der Waals surface area contributed by atoms with E-state index in [9.17, 15) is 18.0 Å². The highest BCUT2D eigenvalue weighted by atomic mass is 32.2. The Morgan fingerprint density at radius 3 is 2.44 bits per heavy atom. The van der Waals surface area contributed by atoms with Gasteiger partial charge in [-0.3, -0.25) is 9.59 Å². The Labute approximate surface area is 190 Å². The first-order valence-corrected chi connectivity index (χ1v) is 11.8. The van der Waals surface area contributed by atoms with Gasteiger partial charge in [0.05, 0.1) is 23.3 Å². The van der Waals surface area contributed by atoms with E-state index in [0.717, 1.165) is 14.9 Å². The van der Waals surface area contributed by atoms with Gasteiger partial charge < -0.3 is 9.47 Å². The summed E-state index contributed by atoms with van der Waals surface area (Å²) in [4.78, 5) is 28.0. The van der Waals surface area contributed by atoms with Gasteiger partial charge >= 0.3 is 5.97 Å². The van der Waals surface area contributed by atoms with Crippen LogP contribution in [0.15, 0.2) is 58.8 Å². The average Bonchev–Trinajstić information content (AvgIpc) is 3.26. The topological polar surface area (TPSA) is 103 Å². The number of benzene rings is 2. The summed E-state index contributed by atoms with van der Waals surface area (Å²) in [6.07, 6.45) is 0. The van der Waals surface area contributed by atoms with Gasteiger partial charge in [0.2, 0.25) is 10.0 Å². The van der Waals surface area contributed by atoms with Crippen LogP contribution in [0, 0.1) is 0 Å². The van der Waals surface area contributed by atoms with E-state index in [1.807, 2.05) is 24.3 Å². The van der Waals surface area contributed by atoms with Gasteiger partial charge in [-0.05, 0) is 31.2 Å². The lowest BCUT2D eigenvalue weighted by Crippen LogP contribution is -2.33. The summed E-state index contributed by atoms with van der Waals surface area (Å²) in [5.41, 5.74) is 1.79. The second kappa shape index (κ2) is 10.0. The fourth-order valence-corrected chi connectivity index (χ4v) is 4.78. The zero-order valence-electron chi connectivity index (χ0n) is 17.8. The Balaban J connectivity index is 1.60. The number of nitrogens with zero attached hydrogens (tertiary/aromatic N) is 2. The molecule has 0 aliphatic heterocycles. The van der Waals surface area contributed by atoms with E-state index >= 15 is 0 Å². The predicted molar refractivity (Wildman–Crippen MR) is 120 cm³/mol. The summed E-state index contributed by atoms with van der Waals surface area (Å²) in [5.74, 6) is -0.182.